The molecule has 0 radical (unpaired) electrons. The predicted molar refractivity (Wildman–Crippen MR) is 68.4 cm³/mol. The maximum absolute atomic E-state index is 4.55. The van der Waals surface area contributed by atoms with Crippen molar-refractivity contribution in [3.05, 3.63) is 35.4 Å². The Kier molecular flexibility index (Phi) is 3.21. The van der Waals surface area contributed by atoms with Gasteiger partial charge in [-0.3, -0.25) is 9.98 Å². The Morgan fingerprint density at radius 2 is 2.00 bits per heavy atom. The molecule has 0 N–H and O–H groups in total. The number of hydrogen-bond donors (Lipinski definition) is 0. The molecule has 0 atom stereocenters. The quantitative estimate of drug-likeness (QED) is 0.711. The highest BCUT2D eigenvalue weighted by Crippen LogP contribution is 2.17. The van der Waals surface area contributed by atoms with E-state index in [0.717, 1.165) is 23.1 Å². The van der Waals surface area contributed by atoms with Crippen LogP contribution >= 0.6 is 11.8 Å². The third-order valence-electron chi connectivity index (χ3n) is 2.33. The van der Waals surface area contributed by atoms with Crippen molar-refractivity contribution >= 4 is 22.5 Å². The van der Waals surface area contributed by atoms with Gasteiger partial charge in [0.25, 0.3) is 0 Å². The van der Waals surface area contributed by atoms with Gasteiger partial charge < -0.3 is 0 Å². The van der Waals surface area contributed by atoms with Gasteiger partial charge in [0, 0.05) is 24.9 Å². The first kappa shape index (κ1) is 10.4. The second kappa shape index (κ2) is 4.62. The van der Waals surface area contributed by atoms with Crippen LogP contribution in [0.2, 0.25) is 0 Å². The lowest BCUT2D eigenvalue weighted by Crippen LogP contribution is -2.18. The van der Waals surface area contributed by atoms with Crippen molar-refractivity contribution in [1.82, 2.24) is 0 Å². The largest absolute Gasteiger partial charge is 0.281 e. The number of thioether (sulfide) groups is 1. The minimum Gasteiger partial charge on any atom is -0.281 e. The first-order valence-electron chi connectivity index (χ1n) is 5.02. The zero-order valence-electron chi connectivity index (χ0n) is 9.03. The Labute approximate surface area is 94.5 Å². The van der Waals surface area contributed by atoms with E-state index in [2.05, 4.69) is 41.2 Å². The Morgan fingerprint density at radius 3 is 2.67 bits per heavy atom. The molecule has 0 spiro atoms. The van der Waals surface area contributed by atoms with Crippen molar-refractivity contribution in [2.75, 3.05) is 19.3 Å². The SMILES string of the molecule is CN=C1SCCN=C1c1ccc(C)cc1. The van der Waals surface area contributed by atoms with Gasteiger partial charge in [0.15, 0.2) is 0 Å². The van der Waals surface area contributed by atoms with Gasteiger partial charge in [-0.2, -0.15) is 0 Å². The van der Waals surface area contributed by atoms with E-state index >= 15 is 0 Å². The lowest BCUT2D eigenvalue weighted by molar-refractivity contribution is 1.15. The molecule has 0 fully saturated rings. The van der Waals surface area contributed by atoms with E-state index in [4.69, 9.17) is 0 Å². The molecule has 1 aliphatic heterocycles. The van der Waals surface area contributed by atoms with Crippen molar-refractivity contribution < 1.29 is 0 Å². The van der Waals surface area contributed by atoms with Crippen molar-refractivity contribution in [2.24, 2.45) is 9.98 Å². The van der Waals surface area contributed by atoms with Crippen LogP contribution in [0.25, 0.3) is 0 Å². The van der Waals surface area contributed by atoms with Crippen molar-refractivity contribution in [2.45, 2.75) is 6.92 Å². The van der Waals surface area contributed by atoms with Crippen LogP contribution in [-0.4, -0.2) is 30.1 Å². The Bertz CT molecular complexity index is 404. The van der Waals surface area contributed by atoms with Crippen LogP contribution in [0.15, 0.2) is 34.3 Å². The van der Waals surface area contributed by atoms with Crippen LogP contribution in [0.1, 0.15) is 11.1 Å². The van der Waals surface area contributed by atoms with Crippen LogP contribution in [0.4, 0.5) is 0 Å². The fraction of sp³-hybridized carbons (Fsp3) is 0.333. The highest BCUT2D eigenvalue weighted by atomic mass is 32.2. The summed E-state index contributed by atoms with van der Waals surface area (Å²) in [5.41, 5.74) is 3.50. The van der Waals surface area contributed by atoms with Crippen LogP contribution < -0.4 is 0 Å². The van der Waals surface area contributed by atoms with Gasteiger partial charge in [-0.05, 0) is 6.92 Å². The average Bonchev–Trinajstić information content (AvgIpc) is 2.30. The minimum absolute atomic E-state index is 0.896. The standard InChI is InChI=1S/C12H14N2S/c1-9-3-5-10(6-4-9)11-12(13-2)15-8-7-14-11/h3-6H,7-8H2,1-2H3. The van der Waals surface area contributed by atoms with Crippen molar-refractivity contribution in [1.29, 1.82) is 0 Å². The average molecular weight is 218 g/mol. The van der Waals surface area contributed by atoms with E-state index in [-0.39, 0.29) is 0 Å². The van der Waals surface area contributed by atoms with Crippen LogP contribution in [0.5, 0.6) is 0 Å². The number of hydrogen-bond acceptors (Lipinski definition) is 3. The molecule has 0 saturated carbocycles. The Hall–Kier alpha value is -1.09. The number of nitrogens with zero attached hydrogens (tertiary/aromatic N) is 2. The highest BCUT2D eigenvalue weighted by Gasteiger charge is 2.14. The molecule has 1 aliphatic rings. The summed E-state index contributed by atoms with van der Waals surface area (Å²) in [6, 6.07) is 8.46. The summed E-state index contributed by atoms with van der Waals surface area (Å²) in [4.78, 5) is 8.82. The summed E-state index contributed by atoms with van der Waals surface area (Å²) in [6.45, 7) is 2.99. The van der Waals surface area contributed by atoms with Gasteiger partial charge in [0.05, 0.1) is 5.71 Å². The van der Waals surface area contributed by atoms with Gasteiger partial charge in [-0.1, -0.05) is 29.8 Å². The summed E-state index contributed by atoms with van der Waals surface area (Å²) < 4.78 is 0. The number of aryl methyl sites for hydroxylation is 1. The second-order valence-electron chi connectivity index (χ2n) is 3.47. The number of aliphatic imine (C=N–C) groups is 2. The van der Waals surface area contributed by atoms with E-state index < -0.39 is 0 Å². The topological polar surface area (TPSA) is 24.7 Å². The molecule has 1 heterocycles. The van der Waals surface area contributed by atoms with E-state index in [0.29, 0.717) is 0 Å². The van der Waals surface area contributed by atoms with Crippen molar-refractivity contribution in [3.8, 4) is 0 Å². The maximum atomic E-state index is 4.55. The third kappa shape index (κ3) is 2.29. The lowest BCUT2D eigenvalue weighted by atomic mass is 10.1. The molecule has 15 heavy (non-hydrogen) atoms. The van der Waals surface area contributed by atoms with E-state index in [9.17, 15) is 0 Å². The number of benzene rings is 1. The molecular formula is C12H14N2S. The first-order valence-corrected chi connectivity index (χ1v) is 6.01. The van der Waals surface area contributed by atoms with Crippen LogP contribution in [0, 0.1) is 6.92 Å². The van der Waals surface area contributed by atoms with Gasteiger partial charge in [0.2, 0.25) is 0 Å². The normalized spacial score (nSPS) is 19.1. The summed E-state index contributed by atoms with van der Waals surface area (Å²) >= 11 is 1.79. The Morgan fingerprint density at radius 1 is 1.27 bits per heavy atom. The number of rotatable bonds is 1. The second-order valence-corrected chi connectivity index (χ2v) is 4.56. The van der Waals surface area contributed by atoms with Crippen molar-refractivity contribution in [3.63, 3.8) is 0 Å². The molecule has 2 nitrogen and oxygen atoms in total. The summed E-state index contributed by atoms with van der Waals surface area (Å²) in [5, 5.41) is 1.06. The third-order valence-corrected chi connectivity index (χ3v) is 3.37. The van der Waals surface area contributed by atoms with Crippen LogP contribution in [-0.2, 0) is 0 Å². The summed E-state index contributed by atoms with van der Waals surface area (Å²) in [6.07, 6.45) is 0. The zero-order chi connectivity index (χ0) is 10.7. The van der Waals surface area contributed by atoms with Crippen LogP contribution in [0.3, 0.4) is 0 Å². The molecule has 0 amide bonds. The fourth-order valence-corrected chi connectivity index (χ4v) is 2.36. The molecule has 3 heteroatoms. The highest BCUT2D eigenvalue weighted by molar-refractivity contribution is 8.15. The molecule has 0 aliphatic carbocycles. The maximum Gasteiger partial charge on any atom is 0.116 e. The van der Waals surface area contributed by atoms with E-state index in [1.54, 1.807) is 11.8 Å². The first-order chi connectivity index (χ1) is 7.31. The fourth-order valence-electron chi connectivity index (χ4n) is 1.53. The monoisotopic (exact) mass is 218 g/mol. The molecule has 2 rings (SSSR count). The Balaban J connectivity index is 2.37. The molecule has 78 valence electrons. The summed E-state index contributed by atoms with van der Waals surface area (Å²) in [7, 11) is 1.83. The lowest BCUT2D eigenvalue weighted by Gasteiger charge is -2.14. The molecule has 0 aromatic heterocycles. The molecule has 0 saturated heterocycles. The molecule has 0 bridgehead atoms. The molecule has 0 unspecified atom stereocenters. The van der Waals surface area contributed by atoms with Gasteiger partial charge in [-0.15, -0.1) is 11.8 Å². The summed E-state index contributed by atoms with van der Waals surface area (Å²) in [5.74, 6) is 1.04. The molecule has 1 aromatic carbocycles. The van der Waals surface area contributed by atoms with Gasteiger partial charge in [-0.25, -0.2) is 0 Å². The van der Waals surface area contributed by atoms with Gasteiger partial charge >= 0.3 is 0 Å². The van der Waals surface area contributed by atoms with E-state index in [1.165, 1.54) is 11.1 Å². The van der Waals surface area contributed by atoms with E-state index in [1.807, 2.05) is 7.05 Å². The van der Waals surface area contributed by atoms with Gasteiger partial charge in [0.1, 0.15) is 5.04 Å². The minimum atomic E-state index is 0.896. The molecular weight excluding hydrogens is 204 g/mol. The zero-order valence-corrected chi connectivity index (χ0v) is 9.84. The smallest absolute Gasteiger partial charge is 0.116 e. The predicted octanol–water partition coefficient (Wildman–Crippen LogP) is 2.56. The molecule has 1 aromatic rings.